The standard InChI is InChI=1S/C17H36N2O2/c1-7-11-18-17(8-2,16(20)21)10-9-12-19(6)15(5)13-14(3)4/h14-15,18H,7-13H2,1-6H3,(H,20,21). The van der Waals surface area contributed by atoms with Gasteiger partial charge in [0.2, 0.25) is 0 Å². The molecular formula is C17H36N2O2. The van der Waals surface area contributed by atoms with Crippen molar-refractivity contribution in [1.29, 1.82) is 0 Å². The zero-order chi connectivity index (χ0) is 16.5. The summed E-state index contributed by atoms with van der Waals surface area (Å²) in [5, 5.41) is 12.8. The number of nitrogens with one attached hydrogen (secondary N) is 1. The van der Waals surface area contributed by atoms with Crippen LogP contribution < -0.4 is 5.32 Å². The van der Waals surface area contributed by atoms with Crippen molar-refractivity contribution in [3.05, 3.63) is 0 Å². The van der Waals surface area contributed by atoms with Crippen molar-refractivity contribution in [3.8, 4) is 0 Å². The van der Waals surface area contributed by atoms with Crippen molar-refractivity contribution in [2.75, 3.05) is 20.1 Å². The van der Waals surface area contributed by atoms with E-state index in [9.17, 15) is 9.90 Å². The fourth-order valence-electron chi connectivity index (χ4n) is 2.80. The van der Waals surface area contributed by atoms with Gasteiger partial charge in [-0.05, 0) is 65.1 Å². The van der Waals surface area contributed by atoms with Gasteiger partial charge in [-0.15, -0.1) is 0 Å². The lowest BCUT2D eigenvalue weighted by Crippen LogP contribution is -2.52. The van der Waals surface area contributed by atoms with Gasteiger partial charge < -0.3 is 15.3 Å². The van der Waals surface area contributed by atoms with Gasteiger partial charge in [0.25, 0.3) is 0 Å². The second-order valence-corrected chi connectivity index (χ2v) is 6.73. The minimum Gasteiger partial charge on any atom is -0.480 e. The van der Waals surface area contributed by atoms with Crippen LogP contribution in [0.4, 0.5) is 0 Å². The Morgan fingerprint density at radius 2 is 1.90 bits per heavy atom. The SMILES string of the molecule is CCCNC(CC)(CCCN(C)C(C)CC(C)C)C(=O)O. The third-order valence-electron chi connectivity index (χ3n) is 4.41. The lowest BCUT2D eigenvalue weighted by Gasteiger charge is -2.31. The van der Waals surface area contributed by atoms with E-state index in [-0.39, 0.29) is 0 Å². The molecular weight excluding hydrogens is 264 g/mol. The minimum atomic E-state index is -0.752. The summed E-state index contributed by atoms with van der Waals surface area (Å²) in [6, 6.07) is 0.550. The minimum absolute atomic E-state index is 0.550. The molecule has 0 bridgehead atoms. The Kier molecular flexibility index (Phi) is 9.88. The number of carbonyl (C=O) groups is 1. The topological polar surface area (TPSA) is 52.6 Å². The first-order valence-corrected chi connectivity index (χ1v) is 8.47. The fraction of sp³-hybridized carbons (Fsp3) is 0.941. The Hall–Kier alpha value is -0.610. The van der Waals surface area contributed by atoms with E-state index >= 15 is 0 Å². The van der Waals surface area contributed by atoms with Gasteiger partial charge in [-0.2, -0.15) is 0 Å². The van der Waals surface area contributed by atoms with Crippen LogP contribution >= 0.6 is 0 Å². The van der Waals surface area contributed by atoms with Crippen LogP contribution in [0.1, 0.15) is 66.7 Å². The second-order valence-electron chi connectivity index (χ2n) is 6.73. The first kappa shape index (κ1) is 20.4. The average molecular weight is 300 g/mol. The van der Waals surface area contributed by atoms with Gasteiger partial charge in [0.15, 0.2) is 0 Å². The molecule has 0 fully saturated rings. The number of rotatable bonds is 12. The van der Waals surface area contributed by atoms with Crippen LogP contribution in [0.15, 0.2) is 0 Å². The predicted octanol–water partition coefficient (Wildman–Crippen LogP) is 3.37. The molecule has 2 unspecified atom stereocenters. The maximum absolute atomic E-state index is 11.6. The summed E-state index contributed by atoms with van der Waals surface area (Å²) in [6.07, 6.45) is 4.38. The molecule has 0 aliphatic heterocycles. The molecule has 126 valence electrons. The molecule has 0 rings (SSSR count). The molecule has 2 atom stereocenters. The van der Waals surface area contributed by atoms with E-state index in [2.05, 4.69) is 45.0 Å². The molecule has 0 aliphatic carbocycles. The Morgan fingerprint density at radius 1 is 1.29 bits per heavy atom. The molecule has 0 aromatic heterocycles. The number of carboxylic acids is 1. The zero-order valence-corrected chi connectivity index (χ0v) is 14.9. The van der Waals surface area contributed by atoms with Crippen LogP contribution in [0.3, 0.4) is 0 Å². The average Bonchev–Trinajstić information content (AvgIpc) is 2.41. The second kappa shape index (κ2) is 10.2. The van der Waals surface area contributed by atoms with Gasteiger partial charge in [0, 0.05) is 6.04 Å². The van der Waals surface area contributed by atoms with Crippen LogP contribution in [-0.2, 0) is 4.79 Å². The molecule has 0 spiro atoms. The summed E-state index contributed by atoms with van der Waals surface area (Å²) < 4.78 is 0. The normalized spacial score (nSPS) is 16.2. The van der Waals surface area contributed by atoms with E-state index < -0.39 is 11.5 Å². The molecule has 0 saturated carbocycles. The molecule has 4 heteroatoms. The van der Waals surface area contributed by atoms with E-state index in [0.717, 1.165) is 25.9 Å². The Labute approximate surface area is 131 Å². The van der Waals surface area contributed by atoms with Crippen LogP contribution in [0.5, 0.6) is 0 Å². The van der Waals surface area contributed by atoms with Gasteiger partial charge in [-0.25, -0.2) is 0 Å². The fourth-order valence-corrected chi connectivity index (χ4v) is 2.80. The van der Waals surface area contributed by atoms with Crippen LogP contribution in [0.2, 0.25) is 0 Å². The van der Waals surface area contributed by atoms with Crippen LogP contribution in [0.25, 0.3) is 0 Å². The van der Waals surface area contributed by atoms with Crippen molar-refractivity contribution in [2.45, 2.75) is 78.3 Å². The maximum atomic E-state index is 11.6. The van der Waals surface area contributed by atoms with Crippen molar-refractivity contribution >= 4 is 5.97 Å². The molecule has 0 aromatic carbocycles. The monoisotopic (exact) mass is 300 g/mol. The third-order valence-corrected chi connectivity index (χ3v) is 4.41. The molecule has 0 aliphatic rings. The van der Waals surface area contributed by atoms with Crippen molar-refractivity contribution < 1.29 is 9.90 Å². The van der Waals surface area contributed by atoms with E-state index in [1.807, 2.05) is 6.92 Å². The maximum Gasteiger partial charge on any atom is 0.323 e. The molecule has 4 nitrogen and oxygen atoms in total. The zero-order valence-electron chi connectivity index (χ0n) is 14.9. The van der Waals surface area contributed by atoms with Crippen molar-refractivity contribution in [1.82, 2.24) is 10.2 Å². The van der Waals surface area contributed by atoms with Crippen LogP contribution in [-0.4, -0.2) is 47.7 Å². The first-order valence-electron chi connectivity index (χ1n) is 8.47. The van der Waals surface area contributed by atoms with Gasteiger partial charge in [-0.1, -0.05) is 27.7 Å². The highest BCUT2D eigenvalue weighted by Gasteiger charge is 2.35. The van der Waals surface area contributed by atoms with Crippen LogP contribution in [0, 0.1) is 5.92 Å². The quantitative estimate of drug-likeness (QED) is 0.580. The van der Waals surface area contributed by atoms with Gasteiger partial charge in [0.05, 0.1) is 0 Å². The lowest BCUT2D eigenvalue weighted by molar-refractivity contribution is -0.145. The smallest absolute Gasteiger partial charge is 0.323 e. The van der Waals surface area contributed by atoms with E-state index in [4.69, 9.17) is 0 Å². The molecule has 0 radical (unpaired) electrons. The summed E-state index contributed by atoms with van der Waals surface area (Å²) in [7, 11) is 2.14. The summed E-state index contributed by atoms with van der Waals surface area (Å²) in [5.74, 6) is -0.0150. The molecule has 0 amide bonds. The molecule has 2 N–H and O–H groups in total. The van der Waals surface area contributed by atoms with E-state index in [1.54, 1.807) is 0 Å². The molecule has 0 heterocycles. The lowest BCUT2D eigenvalue weighted by atomic mass is 9.90. The Morgan fingerprint density at radius 3 is 2.33 bits per heavy atom. The summed E-state index contributed by atoms with van der Waals surface area (Å²) in [4.78, 5) is 14.0. The number of aliphatic carboxylic acids is 1. The summed E-state index contributed by atoms with van der Waals surface area (Å²) in [6.45, 7) is 12.5. The number of hydrogen-bond acceptors (Lipinski definition) is 3. The van der Waals surface area contributed by atoms with E-state index in [0.29, 0.717) is 24.8 Å². The van der Waals surface area contributed by atoms with Crippen molar-refractivity contribution in [3.63, 3.8) is 0 Å². The number of nitrogens with zero attached hydrogens (tertiary/aromatic N) is 1. The Balaban J connectivity index is 4.39. The molecule has 21 heavy (non-hydrogen) atoms. The molecule has 0 aromatic rings. The van der Waals surface area contributed by atoms with Gasteiger partial charge in [0.1, 0.15) is 5.54 Å². The first-order chi connectivity index (χ1) is 9.79. The number of carboxylic acid groups (broad SMARTS) is 1. The largest absolute Gasteiger partial charge is 0.480 e. The van der Waals surface area contributed by atoms with Gasteiger partial charge >= 0.3 is 5.97 Å². The van der Waals surface area contributed by atoms with E-state index in [1.165, 1.54) is 6.42 Å². The third kappa shape index (κ3) is 7.28. The van der Waals surface area contributed by atoms with Gasteiger partial charge in [-0.3, -0.25) is 4.79 Å². The highest BCUT2D eigenvalue weighted by Crippen LogP contribution is 2.19. The summed E-state index contributed by atoms with van der Waals surface area (Å²) >= 11 is 0. The van der Waals surface area contributed by atoms with Crippen molar-refractivity contribution in [2.24, 2.45) is 5.92 Å². The summed E-state index contributed by atoms with van der Waals surface area (Å²) in [5.41, 5.74) is -0.752. The Bertz CT molecular complexity index is 295. The highest BCUT2D eigenvalue weighted by molar-refractivity contribution is 5.78. The highest BCUT2D eigenvalue weighted by atomic mass is 16.4. The molecule has 0 saturated heterocycles. The number of hydrogen-bond donors (Lipinski definition) is 2. The predicted molar refractivity (Wildman–Crippen MR) is 89.7 cm³/mol.